The van der Waals surface area contributed by atoms with Gasteiger partial charge in [0.25, 0.3) is 5.92 Å². The van der Waals surface area contributed by atoms with Gasteiger partial charge in [0.1, 0.15) is 12.1 Å². The monoisotopic (exact) mass is 308 g/mol. The number of hydrogen-bond donors (Lipinski definition) is 1. The zero-order valence-electron chi connectivity index (χ0n) is 12.8. The fourth-order valence-electron chi connectivity index (χ4n) is 2.39. The summed E-state index contributed by atoms with van der Waals surface area (Å²) in [6.45, 7) is 6.33. The highest BCUT2D eigenvalue weighted by molar-refractivity contribution is 5.39. The maximum atomic E-state index is 13.2. The normalized spacial score (nSPS) is 19.1. The average molecular weight is 308 g/mol. The minimum Gasteiger partial charge on any atom is -0.388 e. The van der Waals surface area contributed by atoms with Crippen molar-refractivity contribution in [2.24, 2.45) is 0 Å². The van der Waals surface area contributed by atoms with E-state index in [0.29, 0.717) is 13.1 Å². The molecule has 2 heterocycles. The van der Waals surface area contributed by atoms with Crippen molar-refractivity contribution >= 4 is 5.82 Å². The van der Waals surface area contributed by atoms with Gasteiger partial charge in [-0.2, -0.15) is 0 Å². The van der Waals surface area contributed by atoms with Gasteiger partial charge in [0.05, 0.1) is 0 Å². The Morgan fingerprint density at radius 2 is 2.14 bits per heavy atom. The molecule has 1 aromatic heterocycles. The van der Waals surface area contributed by atoms with Crippen LogP contribution < -0.4 is 10.2 Å². The highest BCUT2D eigenvalue weighted by atomic mass is 19.3. The molecule has 1 unspecified atom stereocenters. The molecule has 1 aromatic rings. The lowest BCUT2D eigenvalue weighted by molar-refractivity contribution is -0.0221. The summed E-state index contributed by atoms with van der Waals surface area (Å²) in [5.74, 6) is -1.81. The van der Waals surface area contributed by atoms with Gasteiger partial charge in [-0.25, -0.2) is 18.7 Å². The van der Waals surface area contributed by atoms with Crippen LogP contribution in [0.25, 0.3) is 0 Å². The van der Waals surface area contributed by atoms with E-state index in [1.807, 2.05) is 23.2 Å². The molecule has 0 radical (unpaired) electrons. The average Bonchev–Trinajstić information content (AvgIpc) is 2.48. The molecule has 22 heavy (non-hydrogen) atoms. The number of aromatic nitrogens is 2. The van der Waals surface area contributed by atoms with E-state index < -0.39 is 5.92 Å². The number of rotatable bonds is 6. The molecule has 4 nitrogen and oxygen atoms in total. The molecule has 0 spiro atoms. The Morgan fingerprint density at radius 1 is 1.41 bits per heavy atom. The topological polar surface area (TPSA) is 41.0 Å². The van der Waals surface area contributed by atoms with Gasteiger partial charge >= 0.3 is 0 Å². The van der Waals surface area contributed by atoms with Crippen LogP contribution in [0, 0.1) is 0 Å². The van der Waals surface area contributed by atoms with E-state index in [4.69, 9.17) is 0 Å². The molecular formula is C16H22F2N4. The molecular weight excluding hydrogens is 286 g/mol. The molecule has 0 aromatic carbocycles. The minimum absolute atomic E-state index is 0.114. The summed E-state index contributed by atoms with van der Waals surface area (Å²) in [5, 5.41) is 3.22. The number of nitrogens with one attached hydrogen (secondary N) is 1. The van der Waals surface area contributed by atoms with Gasteiger partial charge < -0.3 is 10.2 Å². The molecule has 1 aliphatic rings. The van der Waals surface area contributed by atoms with Crippen molar-refractivity contribution < 1.29 is 8.78 Å². The van der Waals surface area contributed by atoms with E-state index in [1.54, 1.807) is 6.08 Å². The van der Waals surface area contributed by atoms with Gasteiger partial charge in [0.2, 0.25) is 0 Å². The third-order valence-corrected chi connectivity index (χ3v) is 3.66. The Labute approximate surface area is 130 Å². The Kier molecular flexibility index (Phi) is 5.46. The molecule has 0 amide bonds. The van der Waals surface area contributed by atoms with E-state index in [-0.39, 0.29) is 18.9 Å². The predicted octanol–water partition coefficient (Wildman–Crippen LogP) is 2.93. The maximum Gasteiger partial charge on any atom is 0.251 e. The minimum atomic E-state index is -2.54. The number of anilines is 1. The molecule has 1 saturated heterocycles. The molecule has 1 atom stereocenters. The number of hydrogen-bond acceptors (Lipinski definition) is 4. The SMILES string of the molecule is C=C/C=C\NC(C)Cc1cc(N2CCC(F)(F)CC2)ncn1. The van der Waals surface area contributed by atoms with Gasteiger partial charge in [0, 0.05) is 50.2 Å². The molecule has 6 heteroatoms. The zero-order valence-corrected chi connectivity index (χ0v) is 12.8. The van der Waals surface area contributed by atoms with Crippen molar-refractivity contribution in [3.63, 3.8) is 0 Å². The molecule has 1 N–H and O–H groups in total. The van der Waals surface area contributed by atoms with Gasteiger partial charge in [-0.15, -0.1) is 0 Å². The number of piperidine rings is 1. The van der Waals surface area contributed by atoms with Crippen LogP contribution in [0.2, 0.25) is 0 Å². The Bertz CT molecular complexity index is 521. The smallest absolute Gasteiger partial charge is 0.251 e. The number of halogens is 2. The van der Waals surface area contributed by atoms with Crippen molar-refractivity contribution in [3.8, 4) is 0 Å². The summed E-state index contributed by atoms with van der Waals surface area (Å²) < 4.78 is 26.4. The van der Waals surface area contributed by atoms with Crippen LogP contribution in [0.4, 0.5) is 14.6 Å². The summed E-state index contributed by atoms with van der Waals surface area (Å²) in [4.78, 5) is 10.4. The summed E-state index contributed by atoms with van der Waals surface area (Å²) in [5.41, 5.74) is 0.898. The van der Waals surface area contributed by atoms with Crippen LogP contribution in [0.5, 0.6) is 0 Å². The molecule has 120 valence electrons. The number of allylic oxidation sites excluding steroid dienone is 2. The quantitative estimate of drug-likeness (QED) is 0.820. The first-order valence-electron chi connectivity index (χ1n) is 7.47. The van der Waals surface area contributed by atoms with E-state index >= 15 is 0 Å². The zero-order chi connectivity index (χ0) is 16.0. The summed E-state index contributed by atoms with van der Waals surface area (Å²) >= 11 is 0. The molecule has 0 saturated carbocycles. The molecule has 1 fully saturated rings. The van der Waals surface area contributed by atoms with E-state index in [2.05, 4.69) is 28.8 Å². The van der Waals surface area contributed by atoms with Crippen molar-refractivity contribution in [3.05, 3.63) is 43.0 Å². The standard InChI is InChI=1S/C16H22F2N4/c1-3-4-7-19-13(2)10-14-11-15(21-12-20-14)22-8-5-16(17,18)6-9-22/h3-4,7,11-13,19H,1,5-6,8-10H2,2H3/b7-4-. The third kappa shape index (κ3) is 4.79. The van der Waals surface area contributed by atoms with Crippen LogP contribution in [0.15, 0.2) is 37.3 Å². The first-order valence-corrected chi connectivity index (χ1v) is 7.47. The first kappa shape index (κ1) is 16.4. The summed E-state index contributed by atoms with van der Waals surface area (Å²) in [6, 6.07) is 2.10. The van der Waals surface area contributed by atoms with Crippen molar-refractivity contribution in [2.45, 2.75) is 38.2 Å². The van der Waals surface area contributed by atoms with E-state index in [1.165, 1.54) is 6.33 Å². The van der Waals surface area contributed by atoms with Crippen LogP contribution in [0.1, 0.15) is 25.5 Å². The lowest BCUT2D eigenvalue weighted by atomic mass is 10.1. The van der Waals surface area contributed by atoms with Gasteiger partial charge in [-0.3, -0.25) is 0 Å². The van der Waals surface area contributed by atoms with Crippen LogP contribution >= 0.6 is 0 Å². The van der Waals surface area contributed by atoms with Crippen LogP contribution in [-0.2, 0) is 6.42 Å². The Balaban J connectivity index is 1.95. The van der Waals surface area contributed by atoms with Gasteiger partial charge in [-0.05, 0) is 19.2 Å². The molecule has 1 aliphatic heterocycles. The first-order chi connectivity index (χ1) is 10.5. The molecule has 0 aliphatic carbocycles. The Hall–Kier alpha value is -1.98. The lowest BCUT2D eigenvalue weighted by Crippen LogP contribution is -2.39. The third-order valence-electron chi connectivity index (χ3n) is 3.66. The van der Waals surface area contributed by atoms with Crippen molar-refractivity contribution in [1.29, 1.82) is 0 Å². The van der Waals surface area contributed by atoms with E-state index in [0.717, 1.165) is 17.9 Å². The van der Waals surface area contributed by atoms with Gasteiger partial charge in [-0.1, -0.05) is 12.7 Å². The molecule has 0 bridgehead atoms. The summed E-state index contributed by atoms with van der Waals surface area (Å²) in [6.07, 6.45) is 7.38. The van der Waals surface area contributed by atoms with Crippen molar-refractivity contribution in [1.82, 2.24) is 15.3 Å². The molecule has 2 rings (SSSR count). The lowest BCUT2D eigenvalue weighted by Gasteiger charge is -2.32. The fraction of sp³-hybridized carbons (Fsp3) is 0.500. The predicted molar refractivity (Wildman–Crippen MR) is 84.1 cm³/mol. The largest absolute Gasteiger partial charge is 0.388 e. The number of nitrogens with zero attached hydrogens (tertiary/aromatic N) is 3. The highest BCUT2D eigenvalue weighted by Gasteiger charge is 2.34. The van der Waals surface area contributed by atoms with Crippen LogP contribution in [-0.4, -0.2) is 35.0 Å². The maximum absolute atomic E-state index is 13.2. The van der Waals surface area contributed by atoms with Gasteiger partial charge in [0.15, 0.2) is 0 Å². The second-order valence-electron chi connectivity index (χ2n) is 5.58. The number of alkyl halides is 2. The summed E-state index contributed by atoms with van der Waals surface area (Å²) in [7, 11) is 0. The van der Waals surface area contributed by atoms with Crippen molar-refractivity contribution in [2.75, 3.05) is 18.0 Å². The second kappa shape index (κ2) is 7.33. The van der Waals surface area contributed by atoms with E-state index in [9.17, 15) is 8.78 Å². The highest BCUT2D eigenvalue weighted by Crippen LogP contribution is 2.29. The second-order valence-corrected chi connectivity index (χ2v) is 5.58. The fourth-order valence-corrected chi connectivity index (χ4v) is 2.39. The van der Waals surface area contributed by atoms with Crippen LogP contribution in [0.3, 0.4) is 0 Å². The Morgan fingerprint density at radius 3 is 2.82 bits per heavy atom.